The highest BCUT2D eigenvalue weighted by Crippen LogP contribution is 2.28. The smallest absolute Gasteiger partial charge is 0.248 e. The van der Waals surface area contributed by atoms with Gasteiger partial charge in [0.1, 0.15) is 0 Å². The number of carbonyl (C=O) groups is 1. The average Bonchev–Trinajstić information content (AvgIpc) is 2.80. The number of aromatic nitrogens is 2. The van der Waals surface area contributed by atoms with Gasteiger partial charge in [0, 0.05) is 12.1 Å². The molecule has 100 valence electrons. The number of carbonyl (C=O) groups excluding carboxylic acids is 1. The second-order valence-electron chi connectivity index (χ2n) is 4.16. The molecule has 1 aromatic carbocycles. The highest BCUT2D eigenvalue weighted by molar-refractivity contribution is 5.93. The molecule has 6 heteroatoms. The fourth-order valence-corrected chi connectivity index (χ4v) is 1.65. The number of anilines is 1. The molecule has 0 aliphatic rings. The third-order valence-corrected chi connectivity index (χ3v) is 2.59. The molecule has 19 heavy (non-hydrogen) atoms. The minimum Gasteiger partial charge on any atom is -0.452 e. The van der Waals surface area contributed by atoms with Crippen molar-refractivity contribution in [2.75, 3.05) is 5.73 Å². The number of nitrogens with two attached hydrogens (primary N) is 2. The number of aryl methyl sites for hydroxylation is 1. The maximum Gasteiger partial charge on any atom is 0.248 e. The normalized spacial score (nSPS) is 10.4. The quantitative estimate of drug-likeness (QED) is 0.800. The summed E-state index contributed by atoms with van der Waals surface area (Å²) in [7, 11) is 0. The van der Waals surface area contributed by atoms with Crippen LogP contribution in [0.25, 0.3) is 0 Å². The van der Waals surface area contributed by atoms with Crippen molar-refractivity contribution in [3.63, 3.8) is 0 Å². The van der Waals surface area contributed by atoms with Crippen LogP contribution in [-0.4, -0.2) is 15.7 Å². The van der Waals surface area contributed by atoms with Crippen LogP contribution >= 0.6 is 0 Å². The molecule has 2 aromatic rings. The largest absolute Gasteiger partial charge is 0.452 e. The van der Waals surface area contributed by atoms with E-state index in [-0.39, 0.29) is 0 Å². The Bertz CT molecular complexity index is 592. The van der Waals surface area contributed by atoms with E-state index < -0.39 is 5.91 Å². The highest BCUT2D eigenvalue weighted by Gasteiger charge is 2.08. The van der Waals surface area contributed by atoms with Crippen LogP contribution < -0.4 is 16.2 Å². The topological polar surface area (TPSA) is 96.2 Å². The number of benzene rings is 1. The number of hydrogen-bond acceptors (Lipinski definition) is 4. The molecule has 4 N–H and O–H groups in total. The van der Waals surface area contributed by atoms with Gasteiger partial charge in [-0.25, -0.2) is 0 Å². The van der Waals surface area contributed by atoms with Crippen molar-refractivity contribution in [1.29, 1.82) is 0 Å². The lowest BCUT2D eigenvalue weighted by molar-refractivity contribution is 0.1000. The summed E-state index contributed by atoms with van der Waals surface area (Å²) in [6.45, 7) is 2.89. The van der Waals surface area contributed by atoms with Gasteiger partial charge in [-0.15, -0.1) is 0 Å². The van der Waals surface area contributed by atoms with Crippen LogP contribution in [0, 0.1) is 0 Å². The summed E-state index contributed by atoms with van der Waals surface area (Å²) >= 11 is 0. The number of primary amides is 1. The maximum absolute atomic E-state index is 11.1. The van der Waals surface area contributed by atoms with Crippen molar-refractivity contribution < 1.29 is 9.53 Å². The molecule has 0 saturated carbocycles. The molecule has 2 rings (SSSR count). The Morgan fingerprint density at radius 3 is 2.95 bits per heavy atom. The standard InChI is InChI=1S/C13H16N4O2/c1-2-5-17-8-10(7-16-17)19-12-6-9(13(15)18)3-4-11(12)14/h3-4,6-8H,2,5,14H2,1H3,(H2,15,18). The molecule has 1 aromatic heterocycles. The number of nitrogens with zero attached hydrogens (tertiary/aromatic N) is 2. The Labute approximate surface area is 111 Å². The molecular weight excluding hydrogens is 244 g/mol. The van der Waals surface area contributed by atoms with Gasteiger partial charge in [-0.3, -0.25) is 9.48 Å². The first kappa shape index (κ1) is 12.9. The van der Waals surface area contributed by atoms with E-state index in [1.165, 1.54) is 6.07 Å². The van der Waals surface area contributed by atoms with Crippen molar-refractivity contribution in [2.45, 2.75) is 19.9 Å². The predicted molar refractivity (Wildman–Crippen MR) is 72.0 cm³/mol. The lowest BCUT2D eigenvalue weighted by Gasteiger charge is -2.07. The first-order valence-electron chi connectivity index (χ1n) is 5.99. The Morgan fingerprint density at radius 1 is 1.47 bits per heavy atom. The average molecular weight is 260 g/mol. The Kier molecular flexibility index (Phi) is 3.70. The number of rotatable bonds is 5. The Morgan fingerprint density at radius 2 is 2.26 bits per heavy atom. The van der Waals surface area contributed by atoms with Gasteiger partial charge in [-0.2, -0.15) is 5.10 Å². The monoisotopic (exact) mass is 260 g/mol. The first-order chi connectivity index (χ1) is 9.10. The maximum atomic E-state index is 11.1. The number of amides is 1. The van der Waals surface area contributed by atoms with E-state index in [2.05, 4.69) is 12.0 Å². The van der Waals surface area contributed by atoms with E-state index >= 15 is 0 Å². The SMILES string of the molecule is CCCn1cc(Oc2cc(C(N)=O)ccc2N)cn1. The van der Waals surface area contributed by atoms with Gasteiger partial charge in [-0.05, 0) is 24.6 Å². The summed E-state index contributed by atoms with van der Waals surface area (Å²) in [4.78, 5) is 11.1. The van der Waals surface area contributed by atoms with Gasteiger partial charge >= 0.3 is 0 Å². The minimum atomic E-state index is -0.522. The van der Waals surface area contributed by atoms with Crippen LogP contribution in [0.5, 0.6) is 11.5 Å². The molecule has 0 aliphatic carbocycles. The van der Waals surface area contributed by atoms with E-state index in [0.717, 1.165) is 13.0 Å². The van der Waals surface area contributed by atoms with Gasteiger partial charge in [0.2, 0.25) is 5.91 Å². The third-order valence-electron chi connectivity index (χ3n) is 2.59. The molecule has 0 unspecified atom stereocenters. The Hall–Kier alpha value is -2.50. The van der Waals surface area contributed by atoms with E-state index in [1.54, 1.807) is 29.2 Å². The molecule has 0 aliphatic heterocycles. The van der Waals surface area contributed by atoms with Crippen LogP contribution in [-0.2, 0) is 6.54 Å². The molecule has 0 spiro atoms. The molecule has 0 fully saturated rings. The Balaban J connectivity index is 2.21. The number of ether oxygens (including phenoxy) is 1. The van der Waals surface area contributed by atoms with Crippen LogP contribution in [0.4, 0.5) is 5.69 Å². The zero-order valence-electron chi connectivity index (χ0n) is 10.7. The van der Waals surface area contributed by atoms with Gasteiger partial charge in [0.15, 0.2) is 11.5 Å². The summed E-state index contributed by atoms with van der Waals surface area (Å²) in [6, 6.07) is 4.67. The van der Waals surface area contributed by atoms with Gasteiger partial charge in [-0.1, -0.05) is 6.92 Å². The third kappa shape index (κ3) is 3.04. The minimum absolute atomic E-state index is 0.352. The zero-order valence-corrected chi connectivity index (χ0v) is 10.7. The first-order valence-corrected chi connectivity index (χ1v) is 5.99. The van der Waals surface area contributed by atoms with Crippen molar-refractivity contribution >= 4 is 11.6 Å². The fourth-order valence-electron chi connectivity index (χ4n) is 1.65. The molecular formula is C13H16N4O2. The lowest BCUT2D eigenvalue weighted by Crippen LogP contribution is -2.11. The summed E-state index contributed by atoms with van der Waals surface area (Å²) in [5, 5.41) is 4.15. The molecule has 1 amide bonds. The van der Waals surface area contributed by atoms with Crippen molar-refractivity contribution in [2.24, 2.45) is 5.73 Å². The summed E-state index contributed by atoms with van der Waals surface area (Å²) < 4.78 is 7.39. The predicted octanol–water partition coefficient (Wildman–Crippen LogP) is 1.77. The van der Waals surface area contributed by atoms with Gasteiger partial charge in [0.05, 0.1) is 18.1 Å². The molecule has 0 saturated heterocycles. The van der Waals surface area contributed by atoms with Crippen molar-refractivity contribution in [3.8, 4) is 11.5 Å². The van der Waals surface area contributed by atoms with Gasteiger partial charge < -0.3 is 16.2 Å². The van der Waals surface area contributed by atoms with Gasteiger partial charge in [0.25, 0.3) is 0 Å². The van der Waals surface area contributed by atoms with E-state index in [4.69, 9.17) is 16.2 Å². The second kappa shape index (κ2) is 5.43. The highest BCUT2D eigenvalue weighted by atomic mass is 16.5. The van der Waals surface area contributed by atoms with Crippen LogP contribution in [0.3, 0.4) is 0 Å². The number of nitrogen functional groups attached to an aromatic ring is 1. The summed E-state index contributed by atoms with van der Waals surface area (Å²) in [5.74, 6) is 0.445. The van der Waals surface area contributed by atoms with Crippen LogP contribution in [0.1, 0.15) is 23.7 Å². The summed E-state index contributed by atoms with van der Waals surface area (Å²) in [6.07, 6.45) is 4.37. The van der Waals surface area contributed by atoms with Crippen LogP contribution in [0.2, 0.25) is 0 Å². The van der Waals surface area contributed by atoms with Crippen molar-refractivity contribution in [1.82, 2.24) is 9.78 Å². The fraction of sp³-hybridized carbons (Fsp3) is 0.231. The van der Waals surface area contributed by atoms with E-state index in [1.807, 2.05) is 0 Å². The molecule has 0 atom stereocenters. The molecule has 0 bridgehead atoms. The lowest BCUT2D eigenvalue weighted by atomic mass is 10.2. The van der Waals surface area contributed by atoms with E-state index in [9.17, 15) is 4.79 Å². The van der Waals surface area contributed by atoms with Crippen molar-refractivity contribution in [3.05, 3.63) is 36.2 Å². The zero-order chi connectivity index (χ0) is 13.8. The molecule has 6 nitrogen and oxygen atoms in total. The number of hydrogen-bond donors (Lipinski definition) is 2. The molecule has 1 heterocycles. The molecule has 0 radical (unpaired) electrons. The second-order valence-corrected chi connectivity index (χ2v) is 4.16. The van der Waals surface area contributed by atoms with E-state index in [0.29, 0.717) is 22.7 Å². The summed E-state index contributed by atoms with van der Waals surface area (Å²) in [5.41, 5.74) is 11.8. The van der Waals surface area contributed by atoms with Crippen LogP contribution in [0.15, 0.2) is 30.6 Å².